The standard InChI is InChI=1S/C41H60IN3O10/c1-6-8-10-19-40(20-11-9-7-2)53-32-30-23-41(34(37(49)51-30)45(55-35(41)33(32)54-40)24-26-14-12-15-27(42)22-26)38(50)44-21-13-16-29(44)36(48)43-28(25-46)17-18-31(47)52-39(3,4)5/h12,14-15,22,28-30,32-35,46H,6-11,13,16-21,23-25H2,1-5H3,(H,43,48)/t28-,29+,30+,32-,33-,34-,35+,41-/m0/s1. The molecule has 4 saturated heterocycles. The first-order valence-corrected chi connectivity index (χ1v) is 21.5. The van der Waals surface area contributed by atoms with E-state index in [0.29, 0.717) is 32.2 Å². The predicted molar refractivity (Wildman–Crippen MR) is 210 cm³/mol. The first-order chi connectivity index (χ1) is 26.2. The number of ether oxygens (including phenoxy) is 4. The normalized spacial score (nSPS) is 30.2. The summed E-state index contributed by atoms with van der Waals surface area (Å²) in [5.41, 5.74) is -1.13. The van der Waals surface area contributed by atoms with E-state index < -0.39 is 77.2 Å². The highest BCUT2D eigenvalue weighted by atomic mass is 127. The van der Waals surface area contributed by atoms with Crippen LogP contribution in [0.4, 0.5) is 0 Å². The van der Waals surface area contributed by atoms with E-state index in [1.807, 2.05) is 24.3 Å². The summed E-state index contributed by atoms with van der Waals surface area (Å²) in [6.07, 6.45) is 5.87. The predicted octanol–water partition coefficient (Wildman–Crippen LogP) is 5.32. The van der Waals surface area contributed by atoms with E-state index in [1.54, 1.807) is 30.7 Å². The van der Waals surface area contributed by atoms with Crippen molar-refractivity contribution in [3.05, 3.63) is 33.4 Å². The molecule has 2 N–H and O–H groups in total. The van der Waals surface area contributed by atoms with E-state index >= 15 is 4.79 Å². The molecule has 1 aromatic carbocycles. The highest BCUT2D eigenvalue weighted by molar-refractivity contribution is 14.1. The second kappa shape index (κ2) is 17.6. The van der Waals surface area contributed by atoms with E-state index in [0.717, 1.165) is 47.7 Å². The Morgan fingerprint density at radius 1 is 1.07 bits per heavy atom. The minimum Gasteiger partial charge on any atom is -0.460 e. The second-order valence-electron chi connectivity index (χ2n) is 17.0. The summed E-state index contributed by atoms with van der Waals surface area (Å²) in [6, 6.07) is 5.30. The summed E-state index contributed by atoms with van der Waals surface area (Å²) >= 11 is 2.25. The van der Waals surface area contributed by atoms with Gasteiger partial charge in [0, 0.05) is 35.8 Å². The Hall–Kier alpha value is -2.37. The number of carbonyl (C=O) groups excluding carboxylic acids is 4. The molecule has 0 unspecified atom stereocenters. The van der Waals surface area contributed by atoms with Gasteiger partial charge < -0.3 is 34.3 Å². The molecule has 4 heterocycles. The maximum Gasteiger partial charge on any atom is 0.327 e. The molecule has 2 bridgehead atoms. The summed E-state index contributed by atoms with van der Waals surface area (Å²) < 4.78 is 26.6. The quantitative estimate of drug-likeness (QED) is 0.119. The topological polar surface area (TPSA) is 153 Å². The molecule has 0 aromatic heterocycles. The molecule has 5 aliphatic rings. The summed E-state index contributed by atoms with van der Waals surface area (Å²) in [5, 5.41) is 14.6. The number of fused-ring (bicyclic) bond motifs is 4. The lowest BCUT2D eigenvalue weighted by atomic mass is 9.62. The lowest BCUT2D eigenvalue weighted by Crippen LogP contribution is -2.70. The number of nitrogens with one attached hydrogen (secondary N) is 1. The number of carbonyl (C=O) groups is 4. The van der Waals surface area contributed by atoms with Crippen LogP contribution < -0.4 is 5.32 Å². The van der Waals surface area contributed by atoms with Crippen molar-refractivity contribution in [1.29, 1.82) is 0 Å². The Balaban J connectivity index is 1.29. The number of amides is 2. The highest BCUT2D eigenvalue weighted by Crippen LogP contribution is 2.59. The zero-order chi connectivity index (χ0) is 39.5. The zero-order valence-corrected chi connectivity index (χ0v) is 35.2. The molecule has 5 fully saturated rings. The van der Waals surface area contributed by atoms with Gasteiger partial charge in [0.1, 0.15) is 41.5 Å². The van der Waals surface area contributed by atoms with Crippen molar-refractivity contribution in [2.75, 3.05) is 13.2 Å². The number of halogens is 1. The van der Waals surface area contributed by atoms with Crippen molar-refractivity contribution in [2.45, 2.75) is 179 Å². The molecule has 13 nitrogen and oxygen atoms in total. The van der Waals surface area contributed by atoms with Crippen LogP contribution in [0.1, 0.15) is 124 Å². The maximum absolute atomic E-state index is 15.4. The third-order valence-corrected chi connectivity index (χ3v) is 12.4. The fraction of sp³-hybridized carbons (Fsp3) is 0.756. The number of likely N-dealkylation sites (tertiary alicyclic amines) is 1. The number of esters is 2. The van der Waals surface area contributed by atoms with E-state index in [1.165, 1.54) is 0 Å². The van der Waals surface area contributed by atoms with Gasteiger partial charge >= 0.3 is 11.9 Å². The number of aliphatic hydroxyl groups is 1. The number of nitrogens with zero attached hydrogens (tertiary/aromatic N) is 2. The van der Waals surface area contributed by atoms with Crippen LogP contribution >= 0.6 is 22.6 Å². The lowest BCUT2D eigenvalue weighted by Gasteiger charge is -2.50. The molecular weight excluding hydrogens is 821 g/mol. The summed E-state index contributed by atoms with van der Waals surface area (Å²) in [6.45, 7) is 9.84. The molecule has 0 radical (unpaired) electrons. The molecule has 55 heavy (non-hydrogen) atoms. The number of hydrogen-bond acceptors (Lipinski definition) is 11. The third kappa shape index (κ3) is 9.04. The fourth-order valence-electron chi connectivity index (χ4n) is 9.23. The molecule has 4 aliphatic heterocycles. The van der Waals surface area contributed by atoms with Gasteiger partial charge in [0.25, 0.3) is 0 Å². The number of rotatable bonds is 17. The van der Waals surface area contributed by atoms with Crippen LogP contribution in [0, 0.1) is 8.99 Å². The van der Waals surface area contributed by atoms with Crippen molar-refractivity contribution in [3.63, 3.8) is 0 Å². The van der Waals surface area contributed by atoms with Gasteiger partial charge in [0.15, 0.2) is 11.8 Å². The van der Waals surface area contributed by atoms with Crippen LogP contribution in [0.2, 0.25) is 0 Å². The van der Waals surface area contributed by atoms with Gasteiger partial charge in [-0.15, -0.1) is 0 Å². The zero-order valence-electron chi connectivity index (χ0n) is 33.1. The van der Waals surface area contributed by atoms with Crippen LogP contribution in [0.3, 0.4) is 0 Å². The number of unbranched alkanes of at least 4 members (excludes halogenated alkanes) is 4. The van der Waals surface area contributed by atoms with Crippen molar-refractivity contribution >= 4 is 46.3 Å². The van der Waals surface area contributed by atoms with Gasteiger partial charge in [0.2, 0.25) is 11.8 Å². The SMILES string of the molecule is CCCCCC1(CCCCC)O[C@@H]2[C@H](O1)[C@H]1ON(Cc3cccc(I)c3)[C@H]3C(=O)O[C@@H]2C[C@@]13C(=O)N1CCC[C@@H]1C(=O)N[C@H](CO)CCC(=O)OC(C)(C)C. The number of hydrogen-bond donors (Lipinski definition) is 2. The smallest absolute Gasteiger partial charge is 0.327 e. The monoisotopic (exact) mass is 881 g/mol. The first kappa shape index (κ1) is 42.2. The van der Waals surface area contributed by atoms with Crippen LogP contribution in [0.5, 0.6) is 0 Å². The number of hydroxylamine groups is 2. The molecule has 306 valence electrons. The molecule has 0 spiro atoms. The third-order valence-electron chi connectivity index (χ3n) is 11.7. The summed E-state index contributed by atoms with van der Waals surface area (Å²) in [4.78, 5) is 64.4. The van der Waals surface area contributed by atoms with Gasteiger partial charge in [-0.25, -0.2) is 0 Å². The van der Waals surface area contributed by atoms with Crippen molar-refractivity contribution in [1.82, 2.24) is 15.3 Å². The Morgan fingerprint density at radius 3 is 2.44 bits per heavy atom. The van der Waals surface area contributed by atoms with Crippen LogP contribution in [0.15, 0.2) is 24.3 Å². The Morgan fingerprint density at radius 2 is 1.78 bits per heavy atom. The minimum absolute atomic E-state index is 0.0166. The summed E-state index contributed by atoms with van der Waals surface area (Å²) in [5.74, 6) is -2.60. The largest absolute Gasteiger partial charge is 0.460 e. The molecule has 6 rings (SSSR count). The summed E-state index contributed by atoms with van der Waals surface area (Å²) in [7, 11) is 0. The van der Waals surface area contributed by atoms with Gasteiger partial charge in [-0.1, -0.05) is 51.7 Å². The number of benzene rings is 1. The Kier molecular flexibility index (Phi) is 13.5. The second-order valence-corrected chi connectivity index (χ2v) is 18.3. The molecular formula is C41H60IN3O10. The van der Waals surface area contributed by atoms with Gasteiger partial charge in [-0.3, -0.25) is 24.0 Å². The van der Waals surface area contributed by atoms with E-state index in [4.69, 9.17) is 23.8 Å². The van der Waals surface area contributed by atoms with E-state index in [2.05, 4.69) is 41.8 Å². The molecule has 8 atom stereocenters. The van der Waals surface area contributed by atoms with Crippen LogP contribution in [0.25, 0.3) is 0 Å². The average Bonchev–Trinajstić information content (AvgIpc) is 3.85. The van der Waals surface area contributed by atoms with Gasteiger partial charge in [0.05, 0.1) is 19.2 Å². The molecule has 1 aromatic rings. The van der Waals surface area contributed by atoms with Gasteiger partial charge in [-0.2, -0.15) is 5.06 Å². The van der Waals surface area contributed by atoms with Crippen LogP contribution in [-0.4, -0.2) is 106 Å². The molecule has 1 aliphatic carbocycles. The van der Waals surface area contributed by atoms with Crippen molar-refractivity contribution < 1.29 is 48.1 Å². The molecule has 1 saturated carbocycles. The maximum atomic E-state index is 15.4. The highest BCUT2D eigenvalue weighted by Gasteiger charge is 2.77. The average molecular weight is 882 g/mol. The van der Waals surface area contributed by atoms with Gasteiger partial charge in [-0.05, 0) is 93.2 Å². The minimum atomic E-state index is -1.40. The molecule has 14 heteroatoms. The molecule has 2 amide bonds. The Bertz CT molecular complexity index is 1540. The van der Waals surface area contributed by atoms with Crippen LogP contribution in [-0.2, 0) is 49.5 Å². The van der Waals surface area contributed by atoms with Crippen molar-refractivity contribution in [3.8, 4) is 0 Å². The lowest BCUT2D eigenvalue weighted by molar-refractivity contribution is -0.225. The van der Waals surface area contributed by atoms with E-state index in [-0.39, 0.29) is 38.3 Å². The number of aliphatic hydroxyl groups excluding tert-OH is 1. The first-order valence-electron chi connectivity index (χ1n) is 20.4. The fourth-order valence-corrected chi connectivity index (χ4v) is 9.84. The Labute approximate surface area is 338 Å². The van der Waals surface area contributed by atoms with E-state index in [9.17, 15) is 19.5 Å². The van der Waals surface area contributed by atoms with Crippen molar-refractivity contribution in [2.24, 2.45) is 5.41 Å².